The molecule has 0 aliphatic carbocycles. The first kappa shape index (κ1) is 11.9. The van der Waals surface area contributed by atoms with Gasteiger partial charge in [0.2, 0.25) is 5.78 Å². The normalized spacial score (nSPS) is 10.8. The Morgan fingerprint density at radius 1 is 1.26 bits per heavy atom. The maximum atomic E-state index is 12.3. The summed E-state index contributed by atoms with van der Waals surface area (Å²) in [6.07, 6.45) is 1.50. The minimum Gasteiger partial charge on any atom is -0.452 e. The standard InChI is InChI=1S/C15H10ClNO2/c1-9-3-2-4-11-7-12(19-15(9)11)14(18)10-5-6-17-13(16)8-10/h2-8H,1H3. The lowest BCUT2D eigenvalue weighted by Gasteiger charge is -1.97. The number of ketones is 1. The van der Waals surface area contributed by atoms with Gasteiger partial charge >= 0.3 is 0 Å². The molecule has 0 saturated carbocycles. The number of hydrogen-bond donors (Lipinski definition) is 0. The number of hydrogen-bond acceptors (Lipinski definition) is 3. The van der Waals surface area contributed by atoms with Crippen LogP contribution in [0.3, 0.4) is 0 Å². The Bertz CT molecular complexity index is 777. The van der Waals surface area contributed by atoms with Crippen LogP contribution in [-0.4, -0.2) is 10.8 Å². The molecule has 0 fully saturated rings. The number of benzene rings is 1. The molecule has 2 heterocycles. The van der Waals surface area contributed by atoms with Crippen molar-refractivity contribution in [3.63, 3.8) is 0 Å². The first-order chi connectivity index (χ1) is 9.15. The fourth-order valence-electron chi connectivity index (χ4n) is 2.01. The molecule has 94 valence electrons. The number of furan rings is 1. The van der Waals surface area contributed by atoms with E-state index >= 15 is 0 Å². The van der Waals surface area contributed by atoms with Crippen LogP contribution >= 0.6 is 11.6 Å². The Hall–Kier alpha value is -2.13. The number of nitrogens with zero attached hydrogens (tertiary/aromatic N) is 1. The topological polar surface area (TPSA) is 43.1 Å². The fraction of sp³-hybridized carbons (Fsp3) is 0.0667. The molecule has 0 saturated heterocycles. The van der Waals surface area contributed by atoms with Crippen molar-refractivity contribution in [1.29, 1.82) is 0 Å². The predicted octanol–water partition coefficient (Wildman–Crippen LogP) is 4.02. The molecule has 0 aliphatic rings. The predicted molar refractivity (Wildman–Crippen MR) is 73.6 cm³/mol. The maximum absolute atomic E-state index is 12.3. The van der Waals surface area contributed by atoms with E-state index in [0.29, 0.717) is 11.3 Å². The molecule has 0 unspecified atom stereocenters. The zero-order valence-electron chi connectivity index (χ0n) is 10.2. The van der Waals surface area contributed by atoms with E-state index < -0.39 is 0 Å². The third kappa shape index (κ3) is 2.13. The monoisotopic (exact) mass is 271 g/mol. The second kappa shape index (κ2) is 4.52. The van der Waals surface area contributed by atoms with Crippen LogP contribution in [0.1, 0.15) is 21.7 Å². The molecule has 19 heavy (non-hydrogen) atoms. The maximum Gasteiger partial charge on any atom is 0.228 e. The summed E-state index contributed by atoms with van der Waals surface area (Å²) in [5.41, 5.74) is 2.21. The van der Waals surface area contributed by atoms with Crippen molar-refractivity contribution in [2.24, 2.45) is 0 Å². The van der Waals surface area contributed by atoms with Crippen LogP contribution in [-0.2, 0) is 0 Å². The number of aryl methyl sites for hydroxylation is 1. The third-order valence-corrected chi connectivity index (χ3v) is 3.16. The Morgan fingerprint density at radius 2 is 2.11 bits per heavy atom. The van der Waals surface area contributed by atoms with Gasteiger partial charge in [0.15, 0.2) is 5.76 Å². The number of para-hydroxylation sites is 1. The lowest BCUT2D eigenvalue weighted by Crippen LogP contribution is -1.99. The highest BCUT2D eigenvalue weighted by atomic mass is 35.5. The first-order valence-corrected chi connectivity index (χ1v) is 6.18. The minimum atomic E-state index is -0.195. The van der Waals surface area contributed by atoms with Crippen molar-refractivity contribution >= 4 is 28.4 Å². The van der Waals surface area contributed by atoms with Gasteiger partial charge in [-0.25, -0.2) is 4.98 Å². The summed E-state index contributed by atoms with van der Waals surface area (Å²) in [5.74, 6) is 0.117. The van der Waals surface area contributed by atoms with Crippen LogP contribution in [0.25, 0.3) is 11.0 Å². The molecule has 4 heteroatoms. The van der Waals surface area contributed by atoms with Gasteiger partial charge in [0.05, 0.1) is 0 Å². The van der Waals surface area contributed by atoms with Gasteiger partial charge in [-0.2, -0.15) is 0 Å². The summed E-state index contributed by atoms with van der Waals surface area (Å²) in [4.78, 5) is 16.2. The molecule has 0 spiro atoms. The molecule has 0 aliphatic heterocycles. The highest BCUT2D eigenvalue weighted by molar-refractivity contribution is 6.29. The highest BCUT2D eigenvalue weighted by Crippen LogP contribution is 2.24. The summed E-state index contributed by atoms with van der Waals surface area (Å²) in [5, 5.41) is 1.21. The summed E-state index contributed by atoms with van der Waals surface area (Å²) < 4.78 is 5.64. The highest BCUT2D eigenvalue weighted by Gasteiger charge is 2.15. The first-order valence-electron chi connectivity index (χ1n) is 5.80. The number of carbonyl (C=O) groups excluding carboxylic acids is 1. The van der Waals surface area contributed by atoms with E-state index in [0.717, 1.165) is 16.5 Å². The van der Waals surface area contributed by atoms with Gasteiger partial charge in [0.1, 0.15) is 10.7 Å². The average molecular weight is 272 g/mol. The Morgan fingerprint density at radius 3 is 2.84 bits per heavy atom. The Balaban J connectivity index is 2.09. The molecule has 3 nitrogen and oxygen atoms in total. The molecule has 3 rings (SSSR count). The number of halogens is 1. The molecule has 1 aromatic carbocycles. The largest absolute Gasteiger partial charge is 0.452 e. The van der Waals surface area contributed by atoms with E-state index in [9.17, 15) is 4.79 Å². The van der Waals surface area contributed by atoms with Crippen LogP contribution in [0.15, 0.2) is 47.0 Å². The van der Waals surface area contributed by atoms with Crippen LogP contribution in [0, 0.1) is 6.92 Å². The number of aromatic nitrogens is 1. The van der Waals surface area contributed by atoms with Crippen molar-refractivity contribution in [3.8, 4) is 0 Å². The van der Waals surface area contributed by atoms with Crippen molar-refractivity contribution in [2.45, 2.75) is 6.92 Å². The Labute approximate surface area is 114 Å². The molecular weight excluding hydrogens is 262 g/mol. The quantitative estimate of drug-likeness (QED) is 0.522. The lowest BCUT2D eigenvalue weighted by molar-refractivity contribution is 0.101. The van der Waals surface area contributed by atoms with Crippen molar-refractivity contribution in [2.75, 3.05) is 0 Å². The molecule has 0 amide bonds. The van der Waals surface area contributed by atoms with Crippen LogP contribution in [0.4, 0.5) is 0 Å². The number of rotatable bonds is 2. The van der Waals surface area contributed by atoms with Crippen molar-refractivity contribution < 1.29 is 9.21 Å². The van der Waals surface area contributed by atoms with E-state index in [4.69, 9.17) is 16.0 Å². The minimum absolute atomic E-state index is 0.195. The van der Waals surface area contributed by atoms with Crippen molar-refractivity contribution in [1.82, 2.24) is 4.98 Å². The molecule has 0 N–H and O–H groups in total. The van der Waals surface area contributed by atoms with Gasteiger partial charge in [-0.05, 0) is 30.7 Å². The molecule has 0 radical (unpaired) electrons. The van der Waals surface area contributed by atoms with Crippen LogP contribution < -0.4 is 0 Å². The van der Waals surface area contributed by atoms with Gasteiger partial charge in [0, 0.05) is 17.1 Å². The molecule has 0 atom stereocenters. The SMILES string of the molecule is Cc1cccc2cc(C(=O)c3ccnc(Cl)c3)oc12. The van der Waals surface area contributed by atoms with E-state index in [1.165, 1.54) is 12.3 Å². The van der Waals surface area contributed by atoms with Gasteiger partial charge in [-0.3, -0.25) is 4.79 Å². The summed E-state index contributed by atoms with van der Waals surface area (Å²) >= 11 is 5.79. The number of pyridine rings is 1. The Kier molecular flexibility index (Phi) is 2.84. The van der Waals surface area contributed by atoms with E-state index in [2.05, 4.69) is 4.98 Å². The van der Waals surface area contributed by atoms with Gasteiger partial charge in [-0.15, -0.1) is 0 Å². The van der Waals surface area contributed by atoms with Crippen molar-refractivity contribution in [3.05, 3.63) is 64.6 Å². The second-order valence-electron chi connectivity index (χ2n) is 4.30. The molecule has 0 bridgehead atoms. The fourth-order valence-corrected chi connectivity index (χ4v) is 2.18. The number of fused-ring (bicyclic) bond motifs is 1. The number of carbonyl (C=O) groups is 1. The van der Waals surface area contributed by atoms with Gasteiger partial charge in [-0.1, -0.05) is 29.8 Å². The zero-order chi connectivity index (χ0) is 13.4. The average Bonchev–Trinajstić information content (AvgIpc) is 2.83. The third-order valence-electron chi connectivity index (χ3n) is 2.95. The summed E-state index contributed by atoms with van der Waals surface area (Å²) in [6, 6.07) is 10.7. The molecule has 3 aromatic rings. The molecular formula is C15H10ClNO2. The summed E-state index contributed by atoms with van der Waals surface area (Å²) in [7, 11) is 0. The van der Waals surface area contributed by atoms with E-state index in [1.54, 1.807) is 12.1 Å². The smallest absolute Gasteiger partial charge is 0.228 e. The van der Waals surface area contributed by atoms with E-state index in [-0.39, 0.29) is 10.9 Å². The van der Waals surface area contributed by atoms with Crippen LogP contribution in [0.2, 0.25) is 5.15 Å². The second-order valence-corrected chi connectivity index (χ2v) is 4.69. The van der Waals surface area contributed by atoms with Gasteiger partial charge < -0.3 is 4.42 Å². The summed E-state index contributed by atoms with van der Waals surface area (Å²) in [6.45, 7) is 1.95. The zero-order valence-corrected chi connectivity index (χ0v) is 10.9. The van der Waals surface area contributed by atoms with Gasteiger partial charge in [0.25, 0.3) is 0 Å². The lowest BCUT2D eigenvalue weighted by atomic mass is 10.1. The van der Waals surface area contributed by atoms with E-state index in [1.807, 2.05) is 25.1 Å². The molecule has 2 aromatic heterocycles. The van der Waals surface area contributed by atoms with Crippen LogP contribution in [0.5, 0.6) is 0 Å².